The summed E-state index contributed by atoms with van der Waals surface area (Å²) >= 11 is 3.15. The molecule has 0 aliphatic carbocycles. The summed E-state index contributed by atoms with van der Waals surface area (Å²) in [5, 5.41) is 2.60. The van der Waals surface area contributed by atoms with Crippen LogP contribution in [-0.4, -0.2) is 29.0 Å². The van der Waals surface area contributed by atoms with Crippen molar-refractivity contribution < 1.29 is 14.3 Å². The number of esters is 1. The molecule has 0 aliphatic rings. The zero-order chi connectivity index (χ0) is 14.5. The average Bonchev–Trinajstić information content (AvgIpc) is 2.49. The van der Waals surface area contributed by atoms with E-state index in [1.165, 1.54) is 43.8 Å². The number of ether oxygens (including phenoxy) is 1. The van der Waals surface area contributed by atoms with Crippen molar-refractivity contribution >= 4 is 33.6 Å². The molecule has 6 nitrogen and oxygen atoms in total. The molecular formula is C13H10BrN3O3. The Bertz CT molecular complexity index is 626. The van der Waals surface area contributed by atoms with Crippen molar-refractivity contribution in [3.05, 3.63) is 52.4 Å². The number of hydrogen-bond donors (Lipinski definition) is 1. The second kappa shape index (κ2) is 6.25. The van der Waals surface area contributed by atoms with Crippen LogP contribution < -0.4 is 5.32 Å². The molecule has 2 rings (SSSR count). The Morgan fingerprint density at radius 1 is 1.10 bits per heavy atom. The number of aromatic nitrogens is 2. The first kappa shape index (κ1) is 14.1. The standard InChI is InChI=1S/C13H10BrN3O3/c1-20-13(19)9-4-2-8(3-5-9)12(18)17-11-7-15-10(14)6-16-11/h2-7H,1H3,(H,16,17,18). The van der Waals surface area contributed by atoms with Gasteiger partial charge in [0.15, 0.2) is 5.82 Å². The number of nitrogens with zero attached hydrogens (tertiary/aromatic N) is 2. The molecule has 1 N–H and O–H groups in total. The molecule has 0 aliphatic heterocycles. The van der Waals surface area contributed by atoms with E-state index in [1.54, 1.807) is 0 Å². The first-order valence-corrected chi connectivity index (χ1v) is 6.36. The van der Waals surface area contributed by atoms with Crippen LogP contribution in [0, 0.1) is 0 Å². The number of carbonyl (C=O) groups excluding carboxylic acids is 2. The highest BCUT2D eigenvalue weighted by molar-refractivity contribution is 9.10. The van der Waals surface area contributed by atoms with Gasteiger partial charge in [0.1, 0.15) is 4.60 Å². The number of nitrogens with one attached hydrogen (secondary N) is 1. The highest BCUT2D eigenvalue weighted by atomic mass is 79.9. The number of methoxy groups -OCH3 is 1. The summed E-state index contributed by atoms with van der Waals surface area (Å²) in [4.78, 5) is 31.2. The van der Waals surface area contributed by atoms with E-state index in [1.807, 2.05) is 0 Å². The highest BCUT2D eigenvalue weighted by Gasteiger charge is 2.09. The number of hydrogen-bond acceptors (Lipinski definition) is 5. The van der Waals surface area contributed by atoms with E-state index in [4.69, 9.17) is 0 Å². The third kappa shape index (κ3) is 3.39. The minimum Gasteiger partial charge on any atom is -0.465 e. The van der Waals surface area contributed by atoms with Crippen molar-refractivity contribution in [2.75, 3.05) is 12.4 Å². The van der Waals surface area contributed by atoms with Crippen LogP contribution in [0.5, 0.6) is 0 Å². The smallest absolute Gasteiger partial charge is 0.337 e. The van der Waals surface area contributed by atoms with Gasteiger partial charge in [-0.2, -0.15) is 0 Å². The molecule has 20 heavy (non-hydrogen) atoms. The Labute approximate surface area is 123 Å². The molecule has 0 saturated carbocycles. The van der Waals surface area contributed by atoms with Gasteiger partial charge >= 0.3 is 5.97 Å². The second-order valence-electron chi connectivity index (χ2n) is 3.75. The van der Waals surface area contributed by atoms with E-state index in [-0.39, 0.29) is 5.91 Å². The molecule has 0 unspecified atom stereocenters. The average molecular weight is 336 g/mol. The van der Waals surface area contributed by atoms with Gasteiger partial charge in [0.25, 0.3) is 5.91 Å². The fraction of sp³-hybridized carbons (Fsp3) is 0.0769. The third-order valence-corrected chi connectivity index (χ3v) is 2.84. The Morgan fingerprint density at radius 3 is 2.30 bits per heavy atom. The maximum absolute atomic E-state index is 11.9. The summed E-state index contributed by atoms with van der Waals surface area (Å²) in [6.07, 6.45) is 2.92. The summed E-state index contributed by atoms with van der Waals surface area (Å²) < 4.78 is 5.16. The predicted octanol–water partition coefficient (Wildman–Crippen LogP) is 2.28. The largest absolute Gasteiger partial charge is 0.465 e. The van der Waals surface area contributed by atoms with Gasteiger partial charge in [0, 0.05) is 5.56 Å². The zero-order valence-electron chi connectivity index (χ0n) is 10.5. The van der Waals surface area contributed by atoms with Crippen LogP contribution >= 0.6 is 15.9 Å². The quantitative estimate of drug-likeness (QED) is 0.870. The summed E-state index contributed by atoms with van der Waals surface area (Å²) in [6.45, 7) is 0. The van der Waals surface area contributed by atoms with Gasteiger partial charge in [-0.15, -0.1) is 0 Å². The van der Waals surface area contributed by atoms with E-state index in [2.05, 4.69) is 36.0 Å². The topological polar surface area (TPSA) is 81.2 Å². The van der Waals surface area contributed by atoms with Crippen molar-refractivity contribution in [2.45, 2.75) is 0 Å². The van der Waals surface area contributed by atoms with Crippen LogP contribution in [0.1, 0.15) is 20.7 Å². The van der Waals surface area contributed by atoms with Gasteiger partial charge in [-0.3, -0.25) is 4.79 Å². The molecule has 0 radical (unpaired) electrons. The maximum Gasteiger partial charge on any atom is 0.337 e. The number of amides is 1. The number of rotatable bonds is 3. The van der Waals surface area contributed by atoms with Crippen LogP contribution in [0.15, 0.2) is 41.3 Å². The lowest BCUT2D eigenvalue weighted by atomic mass is 10.1. The van der Waals surface area contributed by atoms with Gasteiger partial charge in [-0.05, 0) is 40.2 Å². The SMILES string of the molecule is COC(=O)c1ccc(C(=O)Nc2cnc(Br)cn2)cc1. The Kier molecular flexibility index (Phi) is 4.41. The minimum atomic E-state index is -0.448. The molecule has 2 aromatic rings. The lowest BCUT2D eigenvalue weighted by Crippen LogP contribution is -2.13. The van der Waals surface area contributed by atoms with Crippen LogP contribution in [0.2, 0.25) is 0 Å². The number of benzene rings is 1. The summed E-state index contributed by atoms with van der Waals surface area (Å²) in [7, 11) is 1.30. The lowest BCUT2D eigenvalue weighted by Gasteiger charge is -2.05. The maximum atomic E-state index is 11.9. The van der Waals surface area contributed by atoms with E-state index in [0.717, 1.165) is 0 Å². The van der Waals surface area contributed by atoms with Crippen molar-refractivity contribution in [1.82, 2.24) is 9.97 Å². The van der Waals surface area contributed by atoms with Gasteiger partial charge in [0.05, 0.1) is 25.1 Å². The van der Waals surface area contributed by atoms with E-state index >= 15 is 0 Å². The Balaban J connectivity index is 2.09. The van der Waals surface area contributed by atoms with Crippen molar-refractivity contribution in [2.24, 2.45) is 0 Å². The van der Waals surface area contributed by atoms with Crippen LogP contribution in [0.4, 0.5) is 5.82 Å². The molecule has 0 saturated heterocycles. The van der Waals surface area contributed by atoms with E-state index in [9.17, 15) is 9.59 Å². The number of halogens is 1. The monoisotopic (exact) mass is 335 g/mol. The van der Waals surface area contributed by atoms with Crippen molar-refractivity contribution in [3.8, 4) is 0 Å². The van der Waals surface area contributed by atoms with Gasteiger partial charge in [0.2, 0.25) is 0 Å². The van der Waals surface area contributed by atoms with Crippen LogP contribution in [0.3, 0.4) is 0 Å². The normalized spacial score (nSPS) is 9.90. The zero-order valence-corrected chi connectivity index (χ0v) is 12.0. The van der Waals surface area contributed by atoms with Gasteiger partial charge < -0.3 is 10.1 Å². The second-order valence-corrected chi connectivity index (χ2v) is 4.56. The fourth-order valence-corrected chi connectivity index (χ4v) is 1.65. The van der Waals surface area contributed by atoms with E-state index < -0.39 is 5.97 Å². The molecule has 0 atom stereocenters. The fourth-order valence-electron chi connectivity index (χ4n) is 1.44. The number of anilines is 1. The van der Waals surface area contributed by atoms with Crippen molar-refractivity contribution in [1.29, 1.82) is 0 Å². The lowest BCUT2D eigenvalue weighted by molar-refractivity contribution is 0.0600. The van der Waals surface area contributed by atoms with Crippen molar-refractivity contribution in [3.63, 3.8) is 0 Å². The Morgan fingerprint density at radius 2 is 1.75 bits per heavy atom. The predicted molar refractivity (Wildman–Crippen MR) is 75.5 cm³/mol. The molecule has 102 valence electrons. The van der Waals surface area contributed by atoms with E-state index in [0.29, 0.717) is 21.5 Å². The molecule has 0 spiro atoms. The molecule has 1 aromatic carbocycles. The number of carbonyl (C=O) groups is 2. The molecule has 1 aromatic heterocycles. The van der Waals surface area contributed by atoms with Gasteiger partial charge in [-0.25, -0.2) is 14.8 Å². The van der Waals surface area contributed by atoms with Gasteiger partial charge in [-0.1, -0.05) is 0 Å². The molecule has 1 heterocycles. The first-order chi connectivity index (χ1) is 9.60. The summed E-state index contributed by atoms with van der Waals surface area (Å²) in [5.74, 6) is -0.441. The molecule has 0 fully saturated rings. The summed E-state index contributed by atoms with van der Waals surface area (Å²) in [6, 6.07) is 6.11. The first-order valence-electron chi connectivity index (χ1n) is 5.57. The molecule has 7 heteroatoms. The Hall–Kier alpha value is -2.28. The molecule has 1 amide bonds. The van der Waals surface area contributed by atoms with Crippen LogP contribution in [-0.2, 0) is 4.74 Å². The molecular weight excluding hydrogens is 326 g/mol. The highest BCUT2D eigenvalue weighted by Crippen LogP contribution is 2.10. The minimum absolute atomic E-state index is 0.335. The molecule has 0 bridgehead atoms. The van der Waals surface area contributed by atoms with Crippen LogP contribution in [0.25, 0.3) is 0 Å². The summed E-state index contributed by atoms with van der Waals surface area (Å²) in [5.41, 5.74) is 0.787. The third-order valence-electron chi connectivity index (χ3n) is 2.43.